The maximum Gasteiger partial charge on any atom is 0.248 e. The molecule has 0 unspecified atom stereocenters. The number of carbonyl (C=O) groups excluding carboxylic acids is 2. The van der Waals surface area contributed by atoms with Crippen LogP contribution in [0, 0.1) is 12.8 Å². The van der Waals surface area contributed by atoms with E-state index >= 15 is 0 Å². The molecule has 24 heavy (non-hydrogen) atoms. The molecule has 0 radical (unpaired) electrons. The molecule has 1 saturated heterocycles. The fraction of sp³-hybridized carbons (Fsp3) is 0.389. The molecule has 6 nitrogen and oxygen atoms in total. The van der Waals surface area contributed by atoms with Crippen molar-refractivity contribution in [3.8, 4) is 0 Å². The molecule has 1 aromatic carbocycles. The van der Waals surface area contributed by atoms with E-state index in [-0.39, 0.29) is 12.3 Å². The Morgan fingerprint density at radius 1 is 1.38 bits per heavy atom. The van der Waals surface area contributed by atoms with Gasteiger partial charge in [0.15, 0.2) is 0 Å². The Morgan fingerprint density at radius 2 is 2.21 bits per heavy atom. The Balaban J connectivity index is 1.56. The number of primary amides is 1. The van der Waals surface area contributed by atoms with Crippen molar-refractivity contribution in [1.82, 2.24) is 10.1 Å². The van der Waals surface area contributed by atoms with Gasteiger partial charge >= 0.3 is 0 Å². The maximum absolute atomic E-state index is 12.3. The molecule has 126 valence electrons. The van der Waals surface area contributed by atoms with Crippen molar-refractivity contribution in [1.29, 1.82) is 0 Å². The number of benzene rings is 1. The number of nitrogens with two attached hydrogens (primary N) is 1. The molecular formula is C18H21N3O3. The second-order valence-corrected chi connectivity index (χ2v) is 6.37. The molecule has 0 spiro atoms. The first-order valence-electron chi connectivity index (χ1n) is 8.10. The topological polar surface area (TPSA) is 89.4 Å². The molecule has 2 aromatic rings. The van der Waals surface area contributed by atoms with Gasteiger partial charge in [-0.1, -0.05) is 17.3 Å². The van der Waals surface area contributed by atoms with Crippen molar-refractivity contribution in [2.24, 2.45) is 11.7 Å². The second-order valence-electron chi connectivity index (χ2n) is 6.37. The molecule has 1 atom stereocenters. The van der Waals surface area contributed by atoms with Crippen LogP contribution in [0.5, 0.6) is 0 Å². The number of rotatable bonds is 5. The van der Waals surface area contributed by atoms with Crippen LogP contribution in [-0.2, 0) is 17.6 Å². The van der Waals surface area contributed by atoms with E-state index in [2.05, 4.69) is 5.16 Å². The number of amides is 2. The van der Waals surface area contributed by atoms with Gasteiger partial charge in [-0.25, -0.2) is 0 Å². The maximum atomic E-state index is 12.3. The van der Waals surface area contributed by atoms with Crippen molar-refractivity contribution >= 4 is 11.8 Å². The number of aryl methyl sites for hydroxylation is 1. The average Bonchev–Trinajstić information content (AvgIpc) is 3.17. The number of hydrogen-bond acceptors (Lipinski definition) is 4. The second kappa shape index (κ2) is 6.86. The van der Waals surface area contributed by atoms with Crippen molar-refractivity contribution in [3.05, 3.63) is 52.9 Å². The fourth-order valence-corrected chi connectivity index (χ4v) is 3.17. The van der Waals surface area contributed by atoms with Crippen LogP contribution in [0.1, 0.15) is 33.8 Å². The van der Waals surface area contributed by atoms with Crippen molar-refractivity contribution in [3.63, 3.8) is 0 Å². The van der Waals surface area contributed by atoms with Crippen LogP contribution in [0.15, 0.2) is 34.9 Å². The molecule has 2 amide bonds. The summed E-state index contributed by atoms with van der Waals surface area (Å²) < 4.78 is 5.11. The zero-order valence-electron chi connectivity index (χ0n) is 13.7. The van der Waals surface area contributed by atoms with E-state index in [1.807, 2.05) is 30.0 Å². The SMILES string of the molecule is Cc1cc(CC(=O)N2CC[C@H](Cc3cccc(C(N)=O)c3)C2)on1. The minimum absolute atomic E-state index is 0.0690. The molecular weight excluding hydrogens is 306 g/mol. The zero-order valence-corrected chi connectivity index (χ0v) is 13.7. The largest absolute Gasteiger partial charge is 0.366 e. The first-order valence-corrected chi connectivity index (χ1v) is 8.10. The molecule has 0 bridgehead atoms. The van der Waals surface area contributed by atoms with Crippen molar-refractivity contribution in [2.45, 2.75) is 26.2 Å². The molecule has 2 heterocycles. The van der Waals surface area contributed by atoms with Crippen molar-refractivity contribution in [2.75, 3.05) is 13.1 Å². The minimum Gasteiger partial charge on any atom is -0.366 e. The Hall–Kier alpha value is -2.63. The molecule has 2 N–H and O–H groups in total. The number of likely N-dealkylation sites (tertiary alicyclic amines) is 1. The number of carbonyl (C=O) groups is 2. The minimum atomic E-state index is -0.414. The van der Waals surface area contributed by atoms with Crippen LogP contribution < -0.4 is 5.73 Å². The highest BCUT2D eigenvalue weighted by Crippen LogP contribution is 2.22. The Bertz CT molecular complexity index is 753. The van der Waals surface area contributed by atoms with Gasteiger partial charge in [-0.15, -0.1) is 0 Å². The van der Waals surface area contributed by atoms with Gasteiger partial charge < -0.3 is 15.2 Å². The molecule has 1 fully saturated rings. The van der Waals surface area contributed by atoms with Gasteiger partial charge in [0.1, 0.15) is 5.76 Å². The van der Waals surface area contributed by atoms with Gasteiger partial charge in [0.25, 0.3) is 0 Å². The third-order valence-corrected chi connectivity index (χ3v) is 4.38. The Kier molecular flexibility index (Phi) is 4.64. The number of hydrogen-bond donors (Lipinski definition) is 1. The summed E-state index contributed by atoms with van der Waals surface area (Å²) in [5.41, 5.74) is 7.71. The Morgan fingerprint density at radius 3 is 2.92 bits per heavy atom. The molecule has 0 saturated carbocycles. The lowest BCUT2D eigenvalue weighted by Crippen LogP contribution is -2.30. The monoisotopic (exact) mass is 327 g/mol. The summed E-state index contributed by atoms with van der Waals surface area (Å²) >= 11 is 0. The molecule has 1 aliphatic heterocycles. The highest BCUT2D eigenvalue weighted by atomic mass is 16.5. The third-order valence-electron chi connectivity index (χ3n) is 4.38. The van der Waals surface area contributed by atoms with Crippen LogP contribution in [0.2, 0.25) is 0 Å². The highest BCUT2D eigenvalue weighted by Gasteiger charge is 2.27. The third kappa shape index (κ3) is 3.82. The molecule has 1 aliphatic rings. The smallest absolute Gasteiger partial charge is 0.248 e. The van der Waals surface area contributed by atoms with Crippen LogP contribution >= 0.6 is 0 Å². The van der Waals surface area contributed by atoms with E-state index in [0.717, 1.165) is 37.2 Å². The van der Waals surface area contributed by atoms with Gasteiger partial charge in [0.2, 0.25) is 11.8 Å². The lowest BCUT2D eigenvalue weighted by molar-refractivity contribution is -0.129. The Labute approximate surface area is 140 Å². The van der Waals surface area contributed by atoms with Crippen LogP contribution in [0.3, 0.4) is 0 Å². The molecule has 6 heteroatoms. The van der Waals surface area contributed by atoms with E-state index in [9.17, 15) is 9.59 Å². The van der Waals surface area contributed by atoms with Gasteiger partial charge in [0, 0.05) is 24.7 Å². The van der Waals surface area contributed by atoms with E-state index < -0.39 is 5.91 Å². The lowest BCUT2D eigenvalue weighted by atomic mass is 9.97. The number of nitrogens with zero attached hydrogens (tertiary/aromatic N) is 2. The van der Waals surface area contributed by atoms with Gasteiger partial charge in [-0.2, -0.15) is 0 Å². The van der Waals surface area contributed by atoms with E-state index in [1.54, 1.807) is 12.1 Å². The summed E-state index contributed by atoms with van der Waals surface area (Å²) in [6.07, 6.45) is 2.05. The van der Waals surface area contributed by atoms with Gasteiger partial charge in [-0.3, -0.25) is 9.59 Å². The molecule has 3 rings (SSSR count). The normalized spacial score (nSPS) is 17.2. The lowest BCUT2D eigenvalue weighted by Gasteiger charge is -2.16. The first kappa shape index (κ1) is 16.2. The van der Waals surface area contributed by atoms with Crippen molar-refractivity contribution < 1.29 is 14.1 Å². The van der Waals surface area contributed by atoms with E-state index in [4.69, 9.17) is 10.3 Å². The zero-order chi connectivity index (χ0) is 17.1. The summed E-state index contributed by atoms with van der Waals surface area (Å²) in [5, 5.41) is 3.81. The average molecular weight is 327 g/mol. The van der Waals surface area contributed by atoms with Gasteiger partial charge in [-0.05, 0) is 43.4 Å². The molecule has 1 aromatic heterocycles. The summed E-state index contributed by atoms with van der Waals surface area (Å²) in [6.45, 7) is 3.32. The standard InChI is InChI=1S/C18H21N3O3/c1-12-7-16(24-20-12)10-17(22)21-6-5-14(11-21)8-13-3-2-4-15(9-13)18(19)23/h2-4,7,9,14H,5-6,8,10-11H2,1H3,(H2,19,23)/t14-/m1/s1. The van der Waals surface area contributed by atoms with Crippen LogP contribution in [-0.4, -0.2) is 35.0 Å². The molecule has 0 aliphatic carbocycles. The fourth-order valence-electron chi connectivity index (χ4n) is 3.17. The van der Waals surface area contributed by atoms with Crippen LogP contribution in [0.25, 0.3) is 0 Å². The summed E-state index contributed by atoms with van der Waals surface area (Å²) in [5.74, 6) is 0.658. The number of aromatic nitrogens is 1. The van der Waals surface area contributed by atoms with E-state index in [1.165, 1.54) is 0 Å². The summed E-state index contributed by atoms with van der Waals surface area (Å²) in [4.78, 5) is 25.5. The first-order chi connectivity index (χ1) is 11.5. The highest BCUT2D eigenvalue weighted by molar-refractivity contribution is 5.92. The summed E-state index contributed by atoms with van der Waals surface area (Å²) in [6, 6.07) is 9.19. The quantitative estimate of drug-likeness (QED) is 0.905. The van der Waals surface area contributed by atoms with Gasteiger partial charge in [0.05, 0.1) is 12.1 Å². The van der Waals surface area contributed by atoms with Crippen LogP contribution in [0.4, 0.5) is 0 Å². The summed E-state index contributed by atoms with van der Waals surface area (Å²) in [7, 11) is 0. The predicted molar refractivity (Wildman–Crippen MR) is 88.3 cm³/mol. The van der Waals surface area contributed by atoms with E-state index in [0.29, 0.717) is 17.2 Å². The predicted octanol–water partition coefficient (Wildman–Crippen LogP) is 1.72.